The van der Waals surface area contributed by atoms with Gasteiger partial charge in [-0.1, -0.05) is 11.6 Å². The normalized spacial score (nSPS) is 10.9. The first-order valence-corrected chi connectivity index (χ1v) is 12.0. The number of nitrogens with zero attached hydrogens (tertiary/aromatic N) is 2. The van der Waals surface area contributed by atoms with Crippen LogP contribution in [-0.2, 0) is 16.1 Å². The zero-order chi connectivity index (χ0) is 27.1. The molecule has 0 fully saturated rings. The topological polar surface area (TPSA) is 104 Å². The zero-order valence-electron chi connectivity index (χ0n) is 21.1. The van der Waals surface area contributed by atoms with E-state index in [4.69, 9.17) is 25.5 Å². The Bertz CT molecular complexity index is 1440. The number of carbonyl (C=O) groups excluding carboxylic acids is 2. The fraction of sp³-hybridized carbons (Fsp3) is 0.179. The van der Waals surface area contributed by atoms with Crippen molar-refractivity contribution in [3.05, 3.63) is 100 Å². The van der Waals surface area contributed by atoms with Crippen LogP contribution in [0.3, 0.4) is 0 Å². The van der Waals surface area contributed by atoms with Crippen molar-refractivity contribution in [3.8, 4) is 17.2 Å². The first-order valence-electron chi connectivity index (χ1n) is 11.6. The molecule has 0 atom stereocenters. The zero-order valence-corrected chi connectivity index (χ0v) is 21.8. The minimum absolute atomic E-state index is 0.0721. The van der Waals surface area contributed by atoms with Crippen LogP contribution in [0, 0.1) is 13.8 Å². The average molecular weight is 536 g/mol. The Morgan fingerprint density at radius 1 is 1.00 bits per heavy atom. The van der Waals surface area contributed by atoms with Crippen molar-refractivity contribution in [2.75, 3.05) is 13.7 Å². The van der Waals surface area contributed by atoms with E-state index in [9.17, 15) is 9.59 Å². The third kappa shape index (κ3) is 6.63. The van der Waals surface area contributed by atoms with Crippen LogP contribution in [-0.4, -0.2) is 36.4 Å². The summed E-state index contributed by atoms with van der Waals surface area (Å²) in [5, 5.41) is 4.37. The summed E-state index contributed by atoms with van der Waals surface area (Å²) in [6.07, 6.45) is 1.35. The molecule has 0 aliphatic carbocycles. The van der Waals surface area contributed by atoms with Crippen molar-refractivity contribution in [1.29, 1.82) is 0 Å². The number of ether oxygens (including phenoxy) is 3. The van der Waals surface area contributed by atoms with Gasteiger partial charge in [0.15, 0.2) is 12.4 Å². The number of hydrogen-bond acceptors (Lipinski definition) is 7. The first-order chi connectivity index (χ1) is 18.3. The predicted octanol–water partition coefficient (Wildman–Crippen LogP) is 5.24. The van der Waals surface area contributed by atoms with Gasteiger partial charge in [-0.15, -0.1) is 0 Å². The molecule has 4 aromatic rings. The van der Waals surface area contributed by atoms with Gasteiger partial charge >= 0.3 is 11.9 Å². The molecule has 0 aliphatic rings. The number of carbonyl (C=O) groups is 2. The lowest BCUT2D eigenvalue weighted by atomic mass is 10.2. The maximum absolute atomic E-state index is 12.5. The third-order valence-corrected chi connectivity index (χ3v) is 5.78. The van der Waals surface area contributed by atoms with Crippen LogP contribution >= 0.6 is 11.6 Å². The van der Waals surface area contributed by atoms with Crippen molar-refractivity contribution < 1.29 is 28.2 Å². The van der Waals surface area contributed by atoms with Gasteiger partial charge in [0.2, 0.25) is 0 Å². The smallest absolute Gasteiger partial charge is 0.343 e. The second-order valence-corrected chi connectivity index (χ2v) is 8.68. The number of methoxy groups -OCH3 is 1. The van der Waals surface area contributed by atoms with Gasteiger partial charge in [-0.2, -0.15) is 5.10 Å². The van der Waals surface area contributed by atoms with Crippen molar-refractivity contribution in [1.82, 2.24) is 9.99 Å². The molecule has 0 radical (unpaired) electrons. The van der Waals surface area contributed by atoms with E-state index in [1.807, 2.05) is 24.3 Å². The van der Waals surface area contributed by atoms with Crippen LogP contribution in [0.2, 0.25) is 5.02 Å². The minimum atomic E-state index is -0.548. The molecule has 1 N–H and O–H groups in total. The van der Waals surface area contributed by atoms with Gasteiger partial charge in [0.05, 0.1) is 13.3 Å². The number of nitrogens with one attached hydrogen (secondary N) is 1. The number of esters is 1. The molecule has 38 heavy (non-hydrogen) atoms. The number of furan rings is 1. The van der Waals surface area contributed by atoms with E-state index in [2.05, 4.69) is 45.8 Å². The summed E-state index contributed by atoms with van der Waals surface area (Å²) in [5.74, 6) is 0.495. The second kappa shape index (κ2) is 12.2. The van der Waals surface area contributed by atoms with Gasteiger partial charge < -0.3 is 23.2 Å². The van der Waals surface area contributed by atoms with E-state index < -0.39 is 11.9 Å². The maximum atomic E-state index is 12.5. The summed E-state index contributed by atoms with van der Waals surface area (Å²) in [7, 11) is 1.27. The van der Waals surface area contributed by atoms with Crippen LogP contribution in [0.25, 0.3) is 5.69 Å². The van der Waals surface area contributed by atoms with Crippen LogP contribution in [0.5, 0.6) is 11.5 Å². The third-order valence-electron chi connectivity index (χ3n) is 5.55. The molecule has 0 aliphatic heterocycles. The Hall–Kier alpha value is -4.50. The molecule has 0 saturated carbocycles. The van der Waals surface area contributed by atoms with E-state index in [0.29, 0.717) is 27.8 Å². The molecule has 2 heterocycles. The van der Waals surface area contributed by atoms with E-state index in [-0.39, 0.29) is 19.0 Å². The van der Waals surface area contributed by atoms with Crippen molar-refractivity contribution in [2.24, 2.45) is 5.10 Å². The predicted molar refractivity (Wildman–Crippen MR) is 142 cm³/mol. The molecular weight excluding hydrogens is 510 g/mol. The molecule has 2 aromatic heterocycles. The van der Waals surface area contributed by atoms with Gasteiger partial charge in [-0.25, -0.2) is 10.2 Å². The second-order valence-electron chi connectivity index (χ2n) is 8.25. The SMILES string of the molecule is COC(=O)COc1ccc(Cl)cc1/C=N/NC(=O)c1ccc(COc2ccc(-n3c(C)ccc3C)cc2)o1. The lowest BCUT2D eigenvalue weighted by Crippen LogP contribution is -2.17. The maximum Gasteiger partial charge on any atom is 0.343 e. The summed E-state index contributed by atoms with van der Waals surface area (Å²) in [6.45, 7) is 3.99. The summed E-state index contributed by atoms with van der Waals surface area (Å²) in [6, 6.07) is 19.9. The molecule has 1 amide bonds. The molecule has 2 aromatic carbocycles. The number of rotatable bonds is 10. The Morgan fingerprint density at radius 3 is 2.45 bits per heavy atom. The largest absolute Gasteiger partial charge is 0.486 e. The fourth-order valence-corrected chi connectivity index (χ4v) is 3.84. The molecule has 196 valence electrons. The number of amides is 1. The lowest BCUT2D eigenvalue weighted by molar-refractivity contribution is -0.142. The van der Waals surface area contributed by atoms with Gasteiger partial charge in [0.1, 0.15) is 23.9 Å². The van der Waals surface area contributed by atoms with Gasteiger partial charge in [-0.3, -0.25) is 4.79 Å². The summed E-state index contributed by atoms with van der Waals surface area (Å²) < 4.78 is 23.5. The Kier molecular flexibility index (Phi) is 8.50. The van der Waals surface area contributed by atoms with Crippen LogP contribution in [0.4, 0.5) is 0 Å². The van der Waals surface area contributed by atoms with E-state index in [1.165, 1.54) is 19.4 Å². The van der Waals surface area contributed by atoms with E-state index in [1.54, 1.807) is 24.3 Å². The Labute approximate surface area is 224 Å². The highest BCUT2D eigenvalue weighted by Gasteiger charge is 2.12. The molecular formula is C28H26ClN3O6. The highest BCUT2D eigenvalue weighted by Crippen LogP contribution is 2.22. The molecule has 10 heteroatoms. The number of aryl methyl sites for hydroxylation is 2. The minimum Gasteiger partial charge on any atom is -0.486 e. The van der Waals surface area contributed by atoms with Crippen molar-refractivity contribution in [3.63, 3.8) is 0 Å². The monoisotopic (exact) mass is 535 g/mol. The summed E-state index contributed by atoms with van der Waals surface area (Å²) in [4.78, 5) is 23.8. The summed E-state index contributed by atoms with van der Waals surface area (Å²) in [5.41, 5.74) is 6.21. The van der Waals surface area contributed by atoms with Crippen LogP contribution < -0.4 is 14.9 Å². The molecule has 0 unspecified atom stereocenters. The van der Waals surface area contributed by atoms with Crippen LogP contribution in [0.15, 0.2) is 76.2 Å². The number of halogens is 1. The average Bonchev–Trinajstić information content (AvgIpc) is 3.53. The van der Waals surface area contributed by atoms with E-state index >= 15 is 0 Å². The van der Waals surface area contributed by atoms with Crippen molar-refractivity contribution in [2.45, 2.75) is 20.5 Å². The van der Waals surface area contributed by atoms with Crippen molar-refractivity contribution >= 4 is 29.7 Å². The van der Waals surface area contributed by atoms with Gasteiger partial charge in [-0.05, 0) is 80.6 Å². The molecule has 0 spiro atoms. The Morgan fingerprint density at radius 2 is 1.74 bits per heavy atom. The fourth-order valence-electron chi connectivity index (χ4n) is 3.66. The molecule has 4 rings (SSSR count). The van der Waals surface area contributed by atoms with Crippen LogP contribution in [0.1, 0.15) is 33.3 Å². The molecule has 0 saturated heterocycles. The first kappa shape index (κ1) is 26.6. The molecule has 9 nitrogen and oxygen atoms in total. The van der Waals surface area contributed by atoms with E-state index in [0.717, 1.165) is 17.1 Å². The highest BCUT2D eigenvalue weighted by atomic mass is 35.5. The number of hydrogen-bond donors (Lipinski definition) is 1. The standard InChI is InChI=1S/C28H26ClN3O6/c1-18-4-5-19(2)32(18)22-7-9-23(10-8-22)36-16-24-11-13-26(38-24)28(34)31-30-15-20-14-21(29)6-12-25(20)37-17-27(33)35-3/h4-15H,16-17H2,1-3H3,(H,31,34)/b30-15+. The quantitative estimate of drug-likeness (QED) is 0.169. The lowest BCUT2D eigenvalue weighted by Gasteiger charge is -2.10. The van der Waals surface area contributed by atoms with Gasteiger partial charge in [0.25, 0.3) is 0 Å². The number of aromatic nitrogens is 1. The highest BCUT2D eigenvalue weighted by molar-refractivity contribution is 6.30. The Balaban J connectivity index is 1.32. The van der Waals surface area contributed by atoms with Gasteiger partial charge in [0, 0.05) is 27.7 Å². The number of benzene rings is 2. The summed E-state index contributed by atoms with van der Waals surface area (Å²) >= 11 is 6.04. The molecule has 0 bridgehead atoms. The number of hydrazone groups is 1.